The molecule has 1 heterocycles. The van der Waals surface area contributed by atoms with Gasteiger partial charge < -0.3 is 10.6 Å². The number of carbonyl (C=O) groups is 1. The zero-order chi connectivity index (χ0) is 13.1. The van der Waals surface area contributed by atoms with Gasteiger partial charge in [0.2, 0.25) is 5.91 Å². The number of anilines is 1. The molecule has 0 spiro atoms. The number of allylic oxidation sites excluding steroid dienone is 1. The quantitative estimate of drug-likeness (QED) is 0.813. The van der Waals surface area contributed by atoms with Crippen molar-refractivity contribution in [3.05, 3.63) is 41.5 Å². The molecule has 19 heavy (non-hydrogen) atoms. The predicted octanol–water partition coefficient (Wildman–Crippen LogP) is 2.81. The van der Waals surface area contributed by atoms with Crippen molar-refractivity contribution in [3.63, 3.8) is 0 Å². The summed E-state index contributed by atoms with van der Waals surface area (Å²) in [4.78, 5) is 12.2. The van der Waals surface area contributed by atoms with Gasteiger partial charge in [0.05, 0.1) is 5.92 Å². The van der Waals surface area contributed by atoms with E-state index in [0.29, 0.717) is 6.54 Å². The molecule has 100 valence electrons. The lowest BCUT2D eigenvalue weighted by Crippen LogP contribution is -2.31. The smallest absolute Gasteiger partial charge is 0.229 e. The Hall–Kier alpha value is -1.77. The van der Waals surface area contributed by atoms with Gasteiger partial charge in [-0.3, -0.25) is 4.79 Å². The summed E-state index contributed by atoms with van der Waals surface area (Å²) >= 11 is 0. The number of hydrogen-bond acceptors (Lipinski definition) is 2. The third-order valence-corrected chi connectivity index (χ3v) is 4.03. The number of rotatable bonds is 4. The molecule has 1 unspecified atom stereocenters. The second kappa shape index (κ2) is 5.47. The maximum absolute atomic E-state index is 12.2. The number of carbonyl (C=O) groups excluding carboxylic acids is 1. The first-order chi connectivity index (χ1) is 9.34. The van der Waals surface area contributed by atoms with Crippen LogP contribution in [0.1, 0.15) is 37.2 Å². The Morgan fingerprint density at radius 2 is 2.26 bits per heavy atom. The largest absolute Gasteiger partial charge is 0.384 e. The third-order valence-electron chi connectivity index (χ3n) is 4.03. The highest BCUT2D eigenvalue weighted by atomic mass is 16.1. The van der Waals surface area contributed by atoms with E-state index < -0.39 is 0 Å². The number of nitrogens with one attached hydrogen (secondary N) is 2. The van der Waals surface area contributed by atoms with Gasteiger partial charge in [0, 0.05) is 18.8 Å². The van der Waals surface area contributed by atoms with Gasteiger partial charge in [-0.25, -0.2) is 0 Å². The number of para-hydroxylation sites is 1. The number of hydrogen-bond donors (Lipinski definition) is 2. The normalized spacial score (nSPS) is 20.6. The lowest BCUT2D eigenvalue weighted by atomic mass is 10.0. The van der Waals surface area contributed by atoms with Crippen molar-refractivity contribution in [1.82, 2.24) is 5.32 Å². The first kappa shape index (κ1) is 12.3. The van der Waals surface area contributed by atoms with Crippen LogP contribution < -0.4 is 10.6 Å². The molecule has 3 rings (SSSR count). The lowest BCUT2D eigenvalue weighted by molar-refractivity contribution is -0.122. The van der Waals surface area contributed by atoms with E-state index in [4.69, 9.17) is 0 Å². The molecule has 3 heteroatoms. The molecule has 3 nitrogen and oxygen atoms in total. The van der Waals surface area contributed by atoms with Crippen LogP contribution in [-0.4, -0.2) is 19.0 Å². The van der Waals surface area contributed by atoms with E-state index in [-0.39, 0.29) is 11.8 Å². The Morgan fingerprint density at radius 1 is 1.37 bits per heavy atom. The van der Waals surface area contributed by atoms with Crippen LogP contribution in [0.5, 0.6) is 0 Å². The van der Waals surface area contributed by atoms with Crippen molar-refractivity contribution < 1.29 is 4.79 Å². The van der Waals surface area contributed by atoms with Crippen molar-refractivity contribution in [1.29, 1.82) is 0 Å². The Morgan fingerprint density at radius 3 is 3.11 bits per heavy atom. The SMILES string of the molecule is O=C(NCCC1=CCCC1)C1CNc2ccccc21. The van der Waals surface area contributed by atoms with Crippen molar-refractivity contribution in [3.8, 4) is 0 Å². The van der Waals surface area contributed by atoms with Crippen LogP contribution in [-0.2, 0) is 4.79 Å². The van der Waals surface area contributed by atoms with Crippen LogP contribution in [0, 0.1) is 0 Å². The van der Waals surface area contributed by atoms with E-state index in [1.54, 1.807) is 0 Å². The van der Waals surface area contributed by atoms with Gasteiger partial charge in [-0.1, -0.05) is 29.8 Å². The Kier molecular flexibility index (Phi) is 3.53. The first-order valence-corrected chi connectivity index (χ1v) is 7.13. The van der Waals surface area contributed by atoms with Crippen molar-refractivity contribution >= 4 is 11.6 Å². The van der Waals surface area contributed by atoms with Gasteiger partial charge >= 0.3 is 0 Å². The maximum atomic E-state index is 12.2. The Bertz CT molecular complexity index is 507. The van der Waals surface area contributed by atoms with Gasteiger partial charge in [-0.05, 0) is 37.3 Å². The molecular weight excluding hydrogens is 236 g/mol. The van der Waals surface area contributed by atoms with E-state index in [1.807, 2.05) is 24.3 Å². The average Bonchev–Trinajstić information content (AvgIpc) is 3.07. The summed E-state index contributed by atoms with van der Waals surface area (Å²) in [6, 6.07) is 8.07. The molecule has 0 saturated heterocycles. The molecule has 1 amide bonds. The highest BCUT2D eigenvalue weighted by Crippen LogP contribution is 2.31. The van der Waals surface area contributed by atoms with Crippen molar-refractivity contribution in [2.45, 2.75) is 31.6 Å². The molecule has 0 bridgehead atoms. The summed E-state index contributed by atoms with van der Waals surface area (Å²) < 4.78 is 0. The van der Waals surface area contributed by atoms with Gasteiger partial charge in [0.1, 0.15) is 0 Å². The fourth-order valence-corrected chi connectivity index (χ4v) is 2.95. The molecule has 1 aliphatic heterocycles. The first-order valence-electron chi connectivity index (χ1n) is 7.13. The molecule has 2 N–H and O–H groups in total. The van der Waals surface area contributed by atoms with E-state index in [1.165, 1.54) is 24.8 Å². The third kappa shape index (κ3) is 2.65. The topological polar surface area (TPSA) is 41.1 Å². The van der Waals surface area contributed by atoms with Crippen LogP contribution in [0.15, 0.2) is 35.9 Å². The summed E-state index contributed by atoms with van der Waals surface area (Å²) in [6.45, 7) is 1.48. The number of fused-ring (bicyclic) bond motifs is 1. The van der Waals surface area contributed by atoms with Crippen LogP contribution in [0.3, 0.4) is 0 Å². The Labute approximate surface area is 114 Å². The van der Waals surface area contributed by atoms with Crippen molar-refractivity contribution in [2.24, 2.45) is 0 Å². The minimum Gasteiger partial charge on any atom is -0.384 e. The Balaban J connectivity index is 1.54. The summed E-state index contributed by atoms with van der Waals surface area (Å²) in [6.07, 6.45) is 7.03. The second-order valence-corrected chi connectivity index (χ2v) is 5.32. The van der Waals surface area contributed by atoms with Crippen LogP contribution in [0.25, 0.3) is 0 Å². The van der Waals surface area contributed by atoms with Gasteiger partial charge in [0.25, 0.3) is 0 Å². The molecular formula is C16H20N2O. The molecule has 0 aromatic heterocycles. The fraction of sp³-hybridized carbons (Fsp3) is 0.438. The maximum Gasteiger partial charge on any atom is 0.229 e. The lowest BCUT2D eigenvalue weighted by Gasteiger charge is -2.11. The molecule has 0 fully saturated rings. The summed E-state index contributed by atoms with van der Waals surface area (Å²) in [7, 11) is 0. The minimum atomic E-state index is -0.0336. The molecule has 0 saturated carbocycles. The zero-order valence-corrected chi connectivity index (χ0v) is 11.1. The van der Waals surface area contributed by atoms with Gasteiger partial charge in [-0.15, -0.1) is 0 Å². The minimum absolute atomic E-state index is 0.0336. The van der Waals surface area contributed by atoms with E-state index >= 15 is 0 Å². The molecule has 0 radical (unpaired) electrons. The van der Waals surface area contributed by atoms with E-state index in [2.05, 4.69) is 16.7 Å². The van der Waals surface area contributed by atoms with Crippen LogP contribution in [0.4, 0.5) is 5.69 Å². The summed E-state index contributed by atoms with van der Waals surface area (Å²) in [5.41, 5.74) is 3.73. The number of benzene rings is 1. The van der Waals surface area contributed by atoms with Gasteiger partial charge in [0.15, 0.2) is 0 Å². The molecule has 1 aromatic carbocycles. The fourth-order valence-electron chi connectivity index (χ4n) is 2.95. The van der Waals surface area contributed by atoms with Crippen LogP contribution >= 0.6 is 0 Å². The zero-order valence-electron chi connectivity index (χ0n) is 11.1. The molecule has 2 aliphatic rings. The highest BCUT2D eigenvalue weighted by molar-refractivity contribution is 5.88. The predicted molar refractivity (Wildman–Crippen MR) is 77.2 cm³/mol. The van der Waals surface area contributed by atoms with E-state index in [0.717, 1.165) is 24.2 Å². The van der Waals surface area contributed by atoms with Gasteiger partial charge in [-0.2, -0.15) is 0 Å². The molecule has 1 aliphatic carbocycles. The molecule has 1 atom stereocenters. The number of amides is 1. The highest BCUT2D eigenvalue weighted by Gasteiger charge is 2.27. The second-order valence-electron chi connectivity index (χ2n) is 5.32. The molecule has 1 aromatic rings. The van der Waals surface area contributed by atoms with E-state index in [9.17, 15) is 4.79 Å². The summed E-state index contributed by atoms with van der Waals surface area (Å²) in [5.74, 6) is 0.116. The van der Waals surface area contributed by atoms with Crippen LogP contribution in [0.2, 0.25) is 0 Å². The van der Waals surface area contributed by atoms with Crippen molar-refractivity contribution in [2.75, 3.05) is 18.4 Å². The monoisotopic (exact) mass is 256 g/mol. The average molecular weight is 256 g/mol. The summed E-state index contributed by atoms with van der Waals surface area (Å²) in [5, 5.41) is 6.36. The standard InChI is InChI=1S/C16H20N2O/c19-16(17-10-9-12-5-1-2-6-12)14-11-18-15-8-4-3-7-13(14)15/h3-5,7-8,14,18H,1-2,6,9-11H2,(H,17,19).